The molecule has 0 amide bonds. The van der Waals surface area contributed by atoms with E-state index < -0.39 is 17.6 Å². The molecule has 0 atom stereocenters. The van der Waals surface area contributed by atoms with Gasteiger partial charge in [-0.15, -0.1) is 0 Å². The van der Waals surface area contributed by atoms with E-state index in [0.29, 0.717) is 0 Å². The summed E-state index contributed by atoms with van der Waals surface area (Å²) in [4.78, 5) is 10.4. The van der Waals surface area contributed by atoms with Gasteiger partial charge in [0.2, 0.25) is 0 Å². The van der Waals surface area contributed by atoms with Crippen LogP contribution in [0.15, 0.2) is 18.2 Å². The average Bonchev–Trinajstić information content (AvgIpc) is 2.69. The van der Waals surface area contributed by atoms with Crippen LogP contribution in [0.25, 0.3) is 6.08 Å². The van der Waals surface area contributed by atoms with Crippen molar-refractivity contribution in [3.63, 3.8) is 0 Å². The van der Waals surface area contributed by atoms with Crippen LogP contribution in [0.4, 0.5) is 8.78 Å². The van der Waals surface area contributed by atoms with Gasteiger partial charge in [-0.2, -0.15) is 0 Å². The summed E-state index contributed by atoms with van der Waals surface area (Å²) in [6.45, 7) is 0. The van der Waals surface area contributed by atoms with Gasteiger partial charge in [0.25, 0.3) is 0 Å². The third-order valence-corrected chi connectivity index (χ3v) is 3.53. The summed E-state index contributed by atoms with van der Waals surface area (Å²) >= 11 is 0. The Kier molecular flexibility index (Phi) is 5.31. The Morgan fingerprint density at radius 2 is 1.71 bits per heavy atom. The number of carboxylic acids is 1. The predicted octanol–water partition coefficient (Wildman–Crippen LogP) is 4.16. The maximum atomic E-state index is 13.9. The van der Waals surface area contributed by atoms with Crippen LogP contribution in [0.3, 0.4) is 0 Å². The summed E-state index contributed by atoms with van der Waals surface area (Å²) < 4.78 is 33.4. The van der Waals surface area contributed by atoms with Crippen molar-refractivity contribution >= 4 is 12.0 Å². The molecule has 0 unspecified atom stereocenters. The van der Waals surface area contributed by atoms with Crippen LogP contribution in [0.5, 0.6) is 5.75 Å². The summed E-state index contributed by atoms with van der Waals surface area (Å²) in [5, 5.41) is 8.51. The van der Waals surface area contributed by atoms with Crippen molar-refractivity contribution < 1.29 is 23.4 Å². The van der Waals surface area contributed by atoms with Gasteiger partial charge in [-0.25, -0.2) is 13.6 Å². The van der Waals surface area contributed by atoms with Crippen LogP contribution in [-0.4, -0.2) is 17.2 Å². The van der Waals surface area contributed by atoms with E-state index in [4.69, 9.17) is 9.84 Å². The van der Waals surface area contributed by atoms with Gasteiger partial charge in [0.1, 0.15) is 0 Å². The number of ether oxygens (including phenoxy) is 1. The molecule has 0 aliphatic heterocycles. The Balaban J connectivity index is 2.14. The quantitative estimate of drug-likeness (QED) is 0.670. The van der Waals surface area contributed by atoms with E-state index in [-0.39, 0.29) is 17.4 Å². The predicted molar refractivity (Wildman–Crippen MR) is 75.1 cm³/mol. The first-order valence-corrected chi connectivity index (χ1v) is 7.13. The molecule has 1 aliphatic rings. The second kappa shape index (κ2) is 7.20. The zero-order chi connectivity index (χ0) is 15.2. The van der Waals surface area contributed by atoms with E-state index in [1.165, 1.54) is 0 Å². The van der Waals surface area contributed by atoms with Crippen LogP contribution in [0, 0.1) is 11.6 Å². The molecule has 0 spiro atoms. The highest BCUT2D eigenvalue weighted by Crippen LogP contribution is 2.28. The minimum Gasteiger partial charge on any atom is -0.484 e. The Hall–Kier alpha value is -1.91. The van der Waals surface area contributed by atoms with Crippen molar-refractivity contribution in [3.8, 4) is 5.75 Å². The maximum Gasteiger partial charge on any atom is 0.328 e. The highest BCUT2D eigenvalue weighted by Gasteiger charge is 2.19. The molecule has 0 heterocycles. The molecule has 5 heteroatoms. The molecule has 1 aromatic carbocycles. The van der Waals surface area contributed by atoms with Crippen molar-refractivity contribution in [2.45, 2.75) is 44.6 Å². The molecule has 0 saturated heterocycles. The van der Waals surface area contributed by atoms with E-state index in [0.717, 1.165) is 62.8 Å². The lowest BCUT2D eigenvalue weighted by molar-refractivity contribution is -0.131. The van der Waals surface area contributed by atoms with Crippen LogP contribution < -0.4 is 4.74 Å². The molecule has 1 fully saturated rings. The second-order valence-corrected chi connectivity index (χ2v) is 5.22. The molecule has 0 aromatic heterocycles. The van der Waals surface area contributed by atoms with Gasteiger partial charge in [0.15, 0.2) is 17.4 Å². The third-order valence-electron chi connectivity index (χ3n) is 3.53. The fourth-order valence-corrected chi connectivity index (χ4v) is 2.48. The zero-order valence-electron chi connectivity index (χ0n) is 11.6. The van der Waals surface area contributed by atoms with Gasteiger partial charge < -0.3 is 9.84 Å². The Bertz CT molecular complexity index is 509. The molecule has 1 N–H and O–H groups in total. The molecular weight excluding hydrogens is 278 g/mol. The van der Waals surface area contributed by atoms with Gasteiger partial charge >= 0.3 is 5.97 Å². The van der Waals surface area contributed by atoms with Crippen LogP contribution in [0.2, 0.25) is 0 Å². The van der Waals surface area contributed by atoms with Gasteiger partial charge in [-0.3, -0.25) is 0 Å². The van der Waals surface area contributed by atoms with Crippen molar-refractivity contribution in [2.75, 3.05) is 0 Å². The number of carbonyl (C=O) groups is 1. The molecule has 114 valence electrons. The first-order valence-electron chi connectivity index (χ1n) is 7.13. The first kappa shape index (κ1) is 15.5. The Morgan fingerprint density at radius 3 is 2.24 bits per heavy atom. The molecule has 3 nitrogen and oxygen atoms in total. The molecule has 1 aliphatic carbocycles. The zero-order valence-corrected chi connectivity index (χ0v) is 11.6. The number of carboxylic acid groups (broad SMARTS) is 1. The average molecular weight is 296 g/mol. The number of hydrogen-bond donors (Lipinski definition) is 1. The number of hydrogen-bond acceptors (Lipinski definition) is 2. The van der Waals surface area contributed by atoms with Crippen molar-refractivity contribution in [2.24, 2.45) is 0 Å². The van der Waals surface area contributed by atoms with E-state index in [9.17, 15) is 13.6 Å². The lowest BCUT2D eigenvalue weighted by Gasteiger charge is -2.18. The molecule has 0 bridgehead atoms. The number of benzene rings is 1. The van der Waals surface area contributed by atoms with Crippen LogP contribution in [-0.2, 0) is 4.79 Å². The normalized spacial score (nSPS) is 16.9. The van der Waals surface area contributed by atoms with Gasteiger partial charge in [-0.1, -0.05) is 12.8 Å². The van der Waals surface area contributed by atoms with Gasteiger partial charge in [0.05, 0.1) is 6.10 Å². The van der Waals surface area contributed by atoms with Crippen molar-refractivity contribution in [3.05, 3.63) is 35.4 Å². The lowest BCUT2D eigenvalue weighted by atomic mass is 10.1. The molecule has 21 heavy (non-hydrogen) atoms. The highest BCUT2D eigenvalue weighted by molar-refractivity contribution is 5.85. The topological polar surface area (TPSA) is 46.5 Å². The smallest absolute Gasteiger partial charge is 0.328 e. The maximum absolute atomic E-state index is 13.9. The minimum atomic E-state index is -1.17. The standard InChI is InChI=1S/C16H18F2O3/c17-13-9-11(7-8-15(19)20)10-14(18)16(13)21-12-5-3-1-2-4-6-12/h7-10,12H,1-6H2,(H,19,20)/b8-7+. The molecule has 1 aromatic rings. The second-order valence-electron chi connectivity index (χ2n) is 5.22. The highest BCUT2D eigenvalue weighted by atomic mass is 19.1. The Morgan fingerprint density at radius 1 is 1.14 bits per heavy atom. The van der Waals surface area contributed by atoms with E-state index in [1.807, 2.05) is 0 Å². The summed E-state index contributed by atoms with van der Waals surface area (Å²) in [5.74, 6) is -3.14. The molecule has 2 rings (SSSR count). The largest absolute Gasteiger partial charge is 0.484 e. The third kappa shape index (κ3) is 4.55. The Labute approximate surface area is 122 Å². The first-order chi connectivity index (χ1) is 10.1. The van der Waals surface area contributed by atoms with Crippen molar-refractivity contribution in [1.82, 2.24) is 0 Å². The van der Waals surface area contributed by atoms with E-state index in [1.54, 1.807) is 0 Å². The summed E-state index contributed by atoms with van der Waals surface area (Å²) in [7, 11) is 0. The van der Waals surface area contributed by atoms with Gasteiger partial charge in [0, 0.05) is 6.08 Å². The van der Waals surface area contributed by atoms with Gasteiger partial charge in [-0.05, 0) is 49.5 Å². The summed E-state index contributed by atoms with van der Waals surface area (Å²) in [6, 6.07) is 2.16. The molecular formula is C16H18F2O3. The monoisotopic (exact) mass is 296 g/mol. The number of halogens is 2. The molecule has 1 saturated carbocycles. The van der Waals surface area contributed by atoms with Crippen LogP contribution in [0.1, 0.15) is 44.1 Å². The van der Waals surface area contributed by atoms with E-state index >= 15 is 0 Å². The van der Waals surface area contributed by atoms with Crippen molar-refractivity contribution in [1.29, 1.82) is 0 Å². The summed E-state index contributed by atoms with van der Waals surface area (Å²) in [5.41, 5.74) is 0.153. The summed E-state index contributed by atoms with van der Waals surface area (Å²) in [6.07, 6.45) is 7.70. The number of rotatable bonds is 4. The fraction of sp³-hybridized carbons (Fsp3) is 0.438. The minimum absolute atomic E-state index is 0.153. The molecule has 0 radical (unpaired) electrons. The number of aliphatic carboxylic acids is 1. The SMILES string of the molecule is O=C(O)/C=C/c1cc(F)c(OC2CCCCCC2)c(F)c1. The fourth-order valence-electron chi connectivity index (χ4n) is 2.48. The lowest BCUT2D eigenvalue weighted by Crippen LogP contribution is -2.16. The van der Waals surface area contributed by atoms with Crippen LogP contribution >= 0.6 is 0 Å². The van der Waals surface area contributed by atoms with E-state index in [2.05, 4.69) is 0 Å².